The Bertz CT molecular complexity index is 968. The Morgan fingerprint density at radius 2 is 1.56 bits per heavy atom. The van der Waals surface area contributed by atoms with Gasteiger partial charge in [-0.2, -0.15) is 29.1 Å². The molecule has 0 radical (unpaired) electrons. The van der Waals surface area contributed by atoms with Crippen LogP contribution in [0, 0.1) is 12.0 Å². The van der Waals surface area contributed by atoms with Crippen molar-refractivity contribution in [2.45, 2.75) is 6.92 Å². The van der Waals surface area contributed by atoms with Crippen LogP contribution >= 0.6 is 11.3 Å². The van der Waals surface area contributed by atoms with E-state index in [9.17, 15) is 0 Å². The third kappa shape index (κ3) is 3.97. The maximum Gasteiger partial charge on any atom is 2.00 e. The van der Waals surface area contributed by atoms with E-state index in [2.05, 4.69) is 96.6 Å². The second-order valence-corrected chi connectivity index (χ2v) is 6.82. The second-order valence-electron chi connectivity index (χ2n) is 6.04. The van der Waals surface area contributed by atoms with Crippen molar-refractivity contribution in [3.63, 3.8) is 0 Å². The van der Waals surface area contributed by atoms with E-state index in [4.69, 9.17) is 0 Å². The zero-order chi connectivity index (χ0) is 16.4. The zero-order valence-corrected chi connectivity index (χ0v) is 17.3. The molecule has 120 valence electrons. The molecule has 0 N–H and O–H groups in total. The van der Waals surface area contributed by atoms with E-state index < -0.39 is 0 Å². The van der Waals surface area contributed by atoms with Crippen LogP contribution in [-0.4, -0.2) is 0 Å². The fourth-order valence-electron chi connectivity index (χ4n) is 3.08. The third-order valence-electron chi connectivity index (χ3n) is 4.29. The molecular formula is C23H18SZr. The molecule has 2 heteroatoms. The van der Waals surface area contributed by atoms with Crippen LogP contribution in [0.1, 0.15) is 12.5 Å². The Hall–Kier alpha value is -1.63. The van der Waals surface area contributed by atoms with E-state index in [0.29, 0.717) is 5.92 Å². The van der Waals surface area contributed by atoms with Crippen LogP contribution in [0.15, 0.2) is 83.6 Å². The van der Waals surface area contributed by atoms with Crippen LogP contribution < -0.4 is 0 Å². The standard InChI is InChI=1S/C13H9.C10H9S.Zr/c1-3-7-12-10(5-1)9-11-6-2-4-8-13(11)12;1-8-2-3-9(6-8)10-4-5-11-7-10;/h1-9H;2-5,7-8H,1H3;/q2*-1;+2. The molecule has 5 rings (SSSR count). The average Bonchev–Trinajstić information content (AvgIpc) is 3.34. The van der Waals surface area contributed by atoms with E-state index in [1.165, 1.54) is 32.7 Å². The molecule has 1 aromatic heterocycles. The Morgan fingerprint density at radius 1 is 0.920 bits per heavy atom. The van der Waals surface area contributed by atoms with Gasteiger partial charge in [0.15, 0.2) is 0 Å². The van der Waals surface area contributed by atoms with Gasteiger partial charge in [-0.05, 0) is 5.38 Å². The van der Waals surface area contributed by atoms with Crippen molar-refractivity contribution in [1.29, 1.82) is 0 Å². The van der Waals surface area contributed by atoms with Gasteiger partial charge in [-0.15, -0.1) is 51.4 Å². The molecule has 1 atom stereocenters. The van der Waals surface area contributed by atoms with Crippen molar-refractivity contribution in [1.82, 2.24) is 0 Å². The van der Waals surface area contributed by atoms with Gasteiger partial charge in [0.1, 0.15) is 0 Å². The topological polar surface area (TPSA) is 0 Å². The first-order valence-corrected chi connectivity index (χ1v) is 9.13. The summed E-state index contributed by atoms with van der Waals surface area (Å²) in [4.78, 5) is 0. The van der Waals surface area contributed by atoms with Gasteiger partial charge < -0.3 is 0 Å². The van der Waals surface area contributed by atoms with Crippen LogP contribution in [0.4, 0.5) is 0 Å². The minimum Gasteiger partial charge on any atom is -0.194 e. The number of rotatable bonds is 1. The number of thiophene rings is 1. The van der Waals surface area contributed by atoms with Crippen LogP contribution in [0.5, 0.6) is 0 Å². The molecule has 1 aliphatic carbocycles. The predicted molar refractivity (Wildman–Crippen MR) is 106 cm³/mol. The Kier molecular flexibility index (Phi) is 5.94. The summed E-state index contributed by atoms with van der Waals surface area (Å²) in [5, 5.41) is 9.65. The van der Waals surface area contributed by atoms with Gasteiger partial charge in [0, 0.05) is 0 Å². The van der Waals surface area contributed by atoms with E-state index in [0.717, 1.165) is 0 Å². The van der Waals surface area contributed by atoms with Crippen molar-refractivity contribution in [2.75, 3.05) is 0 Å². The summed E-state index contributed by atoms with van der Waals surface area (Å²) in [6.07, 6.45) is 7.69. The van der Waals surface area contributed by atoms with Gasteiger partial charge >= 0.3 is 26.2 Å². The molecule has 4 aromatic rings. The quantitative estimate of drug-likeness (QED) is 0.297. The molecule has 0 spiro atoms. The predicted octanol–water partition coefficient (Wildman–Crippen LogP) is 6.85. The van der Waals surface area contributed by atoms with Crippen molar-refractivity contribution >= 4 is 38.5 Å². The van der Waals surface area contributed by atoms with E-state index in [-0.39, 0.29) is 26.2 Å². The van der Waals surface area contributed by atoms with Crippen molar-refractivity contribution in [2.24, 2.45) is 5.92 Å². The normalized spacial score (nSPS) is 15.6. The molecule has 1 aliphatic rings. The first-order valence-electron chi connectivity index (χ1n) is 8.19. The van der Waals surface area contributed by atoms with Crippen LogP contribution in [0.3, 0.4) is 0 Å². The molecular weight excluding hydrogens is 400 g/mol. The summed E-state index contributed by atoms with van der Waals surface area (Å²) in [7, 11) is 0. The number of hydrogen-bond donors (Lipinski definition) is 0. The van der Waals surface area contributed by atoms with Gasteiger partial charge in [0.25, 0.3) is 0 Å². The summed E-state index contributed by atoms with van der Waals surface area (Å²) in [5.74, 6) is 0.491. The third-order valence-corrected chi connectivity index (χ3v) is 4.97. The van der Waals surface area contributed by atoms with Crippen molar-refractivity contribution < 1.29 is 26.2 Å². The number of allylic oxidation sites excluding steroid dienone is 4. The first-order chi connectivity index (χ1) is 11.8. The van der Waals surface area contributed by atoms with Gasteiger partial charge in [-0.1, -0.05) is 60.7 Å². The smallest absolute Gasteiger partial charge is 0.194 e. The minimum absolute atomic E-state index is 0. The molecule has 3 aromatic carbocycles. The maximum absolute atomic E-state index is 3.37. The van der Waals surface area contributed by atoms with Crippen LogP contribution in [-0.2, 0) is 26.2 Å². The van der Waals surface area contributed by atoms with Gasteiger partial charge in [0.05, 0.1) is 0 Å². The molecule has 0 aliphatic heterocycles. The largest absolute Gasteiger partial charge is 2.00 e. The molecule has 0 bridgehead atoms. The average molecular weight is 418 g/mol. The fraction of sp³-hybridized carbons (Fsp3) is 0.0870. The maximum atomic E-state index is 3.37. The van der Waals surface area contributed by atoms with Crippen LogP contribution in [0.25, 0.3) is 27.1 Å². The van der Waals surface area contributed by atoms with Gasteiger partial charge in [0.2, 0.25) is 0 Å². The molecule has 0 nitrogen and oxygen atoms in total. The van der Waals surface area contributed by atoms with E-state index in [1.54, 1.807) is 11.3 Å². The summed E-state index contributed by atoms with van der Waals surface area (Å²) in [6, 6.07) is 21.4. The Balaban J connectivity index is 0.000000142. The number of benzene rings is 2. The summed E-state index contributed by atoms with van der Waals surface area (Å²) in [5.41, 5.74) is 2.55. The summed E-state index contributed by atoms with van der Waals surface area (Å²) in [6.45, 7) is 2.15. The fourth-order valence-corrected chi connectivity index (χ4v) is 3.74. The zero-order valence-electron chi connectivity index (χ0n) is 14.1. The second kappa shape index (κ2) is 8.17. The molecule has 1 unspecified atom stereocenters. The van der Waals surface area contributed by atoms with Crippen LogP contribution in [0.2, 0.25) is 0 Å². The van der Waals surface area contributed by atoms with E-state index >= 15 is 0 Å². The monoisotopic (exact) mass is 416 g/mol. The Morgan fingerprint density at radius 3 is 2.08 bits per heavy atom. The first kappa shape index (κ1) is 18.2. The van der Waals surface area contributed by atoms with E-state index in [1.807, 2.05) is 0 Å². The summed E-state index contributed by atoms with van der Waals surface area (Å²) < 4.78 is 0. The number of fused-ring (bicyclic) bond motifs is 3. The minimum atomic E-state index is 0. The van der Waals surface area contributed by atoms with Crippen molar-refractivity contribution in [3.05, 3.63) is 95.2 Å². The number of hydrogen-bond acceptors (Lipinski definition) is 1. The van der Waals surface area contributed by atoms with Gasteiger partial charge in [-0.25, -0.2) is 0 Å². The molecule has 0 fully saturated rings. The summed E-state index contributed by atoms with van der Waals surface area (Å²) >= 11 is 1.73. The molecule has 25 heavy (non-hydrogen) atoms. The molecule has 0 saturated heterocycles. The van der Waals surface area contributed by atoms with Crippen molar-refractivity contribution in [3.8, 4) is 0 Å². The van der Waals surface area contributed by atoms with Gasteiger partial charge in [-0.3, -0.25) is 0 Å². The SMILES string of the molecule is CC1[C-]=C(c2ccsc2)C=C1.[Zr+2].c1ccc2c(c1)[cH-]c1ccccc12. The molecule has 0 saturated carbocycles. The Labute approximate surface area is 172 Å². The molecule has 0 amide bonds. The molecule has 1 heterocycles.